The Bertz CT molecular complexity index is 594. The van der Waals surface area contributed by atoms with Crippen molar-refractivity contribution >= 4 is 5.84 Å². The quantitative estimate of drug-likeness (QED) is 0.651. The van der Waals surface area contributed by atoms with Crippen LogP contribution in [0, 0.1) is 12.3 Å². The summed E-state index contributed by atoms with van der Waals surface area (Å²) in [5, 5.41) is 7.51. The largest absolute Gasteiger partial charge is 0.497 e. The van der Waals surface area contributed by atoms with Crippen molar-refractivity contribution in [3.05, 3.63) is 47.7 Å². The van der Waals surface area contributed by atoms with E-state index in [1.807, 2.05) is 6.92 Å². The lowest BCUT2D eigenvalue weighted by Crippen LogP contribution is -2.13. The summed E-state index contributed by atoms with van der Waals surface area (Å²) in [6, 6.07) is 10.6. The minimum Gasteiger partial charge on any atom is -0.497 e. The first-order chi connectivity index (χ1) is 9.10. The van der Waals surface area contributed by atoms with Crippen LogP contribution in [0.2, 0.25) is 0 Å². The fourth-order valence-electron chi connectivity index (χ4n) is 1.57. The van der Waals surface area contributed by atoms with Gasteiger partial charge in [0.05, 0.1) is 12.7 Å². The van der Waals surface area contributed by atoms with Gasteiger partial charge in [-0.2, -0.15) is 0 Å². The molecular formula is C14H15N3O2. The van der Waals surface area contributed by atoms with Crippen LogP contribution in [0.15, 0.2) is 36.4 Å². The van der Waals surface area contributed by atoms with E-state index in [2.05, 4.69) is 4.98 Å². The lowest BCUT2D eigenvalue weighted by Gasteiger charge is -2.10. The van der Waals surface area contributed by atoms with Crippen LogP contribution < -0.4 is 15.2 Å². The number of hydrogen-bond donors (Lipinski definition) is 2. The zero-order valence-corrected chi connectivity index (χ0v) is 10.8. The Morgan fingerprint density at radius 3 is 2.32 bits per heavy atom. The molecule has 19 heavy (non-hydrogen) atoms. The van der Waals surface area contributed by atoms with Crippen LogP contribution in [0.25, 0.3) is 0 Å². The van der Waals surface area contributed by atoms with E-state index in [1.165, 1.54) is 0 Å². The maximum absolute atomic E-state index is 7.51. The predicted octanol–water partition coefficient (Wildman–Crippen LogP) is 2.47. The van der Waals surface area contributed by atoms with E-state index in [0.717, 1.165) is 11.4 Å². The van der Waals surface area contributed by atoms with Crippen molar-refractivity contribution in [3.8, 4) is 17.4 Å². The summed E-state index contributed by atoms with van der Waals surface area (Å²) in [7, 11) is 1.60. The number of aromatic nitrogens is 1. The monoisotopic (exact) mass is 257 g/mol. The van der Waals surface area contributed by atoms with Gasteiger partial charge in [-0.05, 0) is 43.3 Å². The molecule has 2 rings (SSSR count). The van der Waals surface area contributed by atoms with Crippen molar-refractivity contribution in [1.29, 1.82) is 5.41 Å². The number of methoxy groups -OCH3 is 1. The number of benzene rings is 1. The summed E-state index contributed by atoms with van der Waals surface area (Å²) in [6.45, 7) is 1.85. The van der Waals surface area contributed by atoms with Crippen LogP contribution in [0.4, 0.5) is 0 Å². The highest BCUT2D eigenvalue weighted by Crippen LogP contribution is 2.25. The molecule has 0 bridgehead atoms. The lowest BCUT2D eigenvalue weighted by atomic mass is 10.2. The standard InChI is InChI=1S/C14H15N3O2/c1-9-3-8-12(13(15)16)14(17-9)19-11-6-4-10(18-2)5-7-11/h3-8H,1-2H3,(H3,15,16). The Morgan fingerprint density at radius 2 is 1.74 bits per heavy atom. The second-order valence-electron chi connectivity index (χ2n) is 4.00. The molecule has 0 saturated carbocycles. The van der Waals surface area contributed by atoms with Crippen LogP contribution in [-0.2, 0) is 0 Å². The first kappa shape index (κ1) is 12.9. The van der Waals surface area contributed by atoms with Crippen molar-refractivity contribution in [2.75, 3.05) is 7.11 Å². The number of nitrogens with two attached hydrogens (primary N) is 1. The van der Waals surface area contributed by atoms with Gasteiger partial charge in [0.2, 0.25) is 5.88 Å². The third-order valence-corrected chi connectivity index (χ3v) is 2.56. The summed E-state index contributed by atoms with van der Waals surface area (Å²) in [6.07, 6.45) is 0. The second-order valence-corrected chi connectivity index (χ2v) is 4.00. The maximum atomic E-state index is 7.51. The molecule has 0 aliphatic rings. The molecule has 5 nitrogen and oxygen atoms in total. The van der Waals surface area contributed by atoms with Gasteiger partial charge >= 0.3 is 0 Å². The molecule has 0 atom stereocenters. The Labute approximate surface area is 111 Å². The van der Waals surface area contributed by atoms with E-state index in [9.17, 15) is 0 Å². The third-order valence-electron chi connectivity index (χ3n) is 2.56. The molecular weight excluding hydrogens is 242 g/mol. The normalized spacial score (nSPS) is 10.0. The highest BCUT2D eigenvalue weighted by atomic mass is 16.5. The van der Waals surface area contributed by atoms with E-state index in [4.69, 9.17) is 20.6 Å². The van der Waals surface area contributed by atoms with E-state index in [0.29, 0.717) is 17.2 Å². The molecule has 0 unspecified atom stereocenters. The van der Waals surface area contributed by atoms with Gasteiger partial charge in [-0.1, -0.05) is 0 Å². The Kier molecular flexibility index (Phi) is 3.66. The Morgan fingerprint density at radius 1 is 1.11 bits per heavy atom. The number of hydrogen-bond acceptors (Lipinski definition) is 4. The smallest absolute Gasteiger partial charge is 0.230 e. The van der Waals surface area contributed by atoms with Crippen LogP contribution in [-0.4, -0.2) is 17.9 Å². The number of ether oxygens (including phenoxy) is 2. The van der Waals surface area contributed by atoms with E-state index >= 15 is 0 Å². The van der Waals surface area contributed by atoms with Gasteiger partial charge in [0.25, 0.3) is 0 Å². The van der Waals surface area contributed by atoms with Crippen molar-refractivity contribution in [3.63, 3.8) is 0 Å². The molecule has 5 heteroatoms. The van der Waals surface area contributed by atoms with Crippen LogP contribution in [0.5, 0.6) is 17.4 Å². The Balaban J connectivity index is 2.31. The van der Waals surface area contributed by atoms with E-state index < -0.39 is 0 Å². The first-order valence-corrected chi connectivity index (χ1v) is 5.74. The molecule has 0 saturated heterocycles. The molecule has 3 N–H and O–H groups in total. The summed E-state index contributed by atoms with van der Waals surface area (Å²) in [5.41, 5.74) is 6.78. The summed E-state index contributed by atoms with van der Waals surface area (Å²) in [4.78, 5) is 4.26. The molecule has 0 amide bonds. The van der Waals surface area contributed by atoms with Crippen molar-refractivity contribution in [2.24, 2.45) is 5.73 Å². The lowest BCUT2D eigenvalue weighted by molar-refractivity contribution is 0.412. The number of amidine groups is 1. The van der Waals surface area contributed by atoms with Crippen molar-refractivity contribution in [2.45, 2.75) is 6.92 Å². The molecule has 98 valence electrons. The highest BCUT2D eigenvalue weighted by Gasteiger charge is 2.10. The molecule has 0 radical (unpaired) electrons. The minimum atomic E-state index is -0.0731. The van der Waals surface area contributed by atoms with Gasteiger partial charge in [-0.3, -0.25) is 5.41 Å². The second kappa shape index (κ2) is 5.39. The van der Waals surface area contributed by atoms with Crippen molar-refractivity contribution < 1.29 is 9.47 Å². The van der Waals surface area contributed by atoms with Crippen LogP contribution in [0.1, 0.15) is 11.3 Å². The van der Waals surface area contributed by atoms with Gasteiger partial charge in [0.1, 0.15) is 17.3 Å². The molecule has 1 heterocycles. The zero-order valence-electron chi connectivity index (χ0n) is 10.8. The number of nitrogens with one attached hydrogen (secondary N) is 1. The average Bonchev–Trinajstić information content (AvgIpc) is 2.39. The molecule has 1 aromatic carbocycles. The zero-order chi connectivity index (χ0) is 13.8. The van der Waals surface area contributed by atoms with Crippen LogP contribution in [0.3, 0.4) is 0 Å². The molecule has 1 aromatic heterocycles. The predicted molar refractivity (Wildman–Crippen MR) is 73.1 cm³/mol. The van der Waals surface area contributed by atoms with Gasteiger partial charge in [0, 0.05) is 5.69 Å². The van der Waals surface area contributed by atoms with E-state index in [-0.39, 0.29) is 5.84 Å². The fraction of sp³-hybridized carbons (Fsp3) is 0.143. The Hall–Kier alpha value is -2.56. The van der Waals surface area contributed by atoms with Gasteiger partial charge in [0.15, 0.2) is 0 Å². The number of pyridine rings is 1. The molecule has 0 aliphatic heterocycles. The average molecular weight is 257 g/mol. The molecule has 0 fully saturated rings. The summed E-state index contributed by atoms with van der Waals surface area (Å²) in [5.74, 6) is 1.62. The van der Waals surface area contributed by atoms with Gasteiger partial charge in [-0.15, -0.1) is 0 Å². The third kappa shape index (κ3) is 3.01. The topological polar surface area (TPSA) is 81.2 Å². The SMILES string of the molecule is COc1ccc(Oc2nc(C)ccc2C(=N)N)cc1. The minimum absolute atomic E-state index is 0.0731. The van der Waals surface area contributed by atoms with Gasteiger partial charge < -0.3 is 15.2 Å². The molecule has 0 spiro atoms. The maximum Gasteiger partial charge on any atom is 0.230 e. The highest BCUT2D eigenvalue weighted by molar-refractivity contribution is 5.97. The first-order valence-electron chi connectivity index (χ1n) is 5.74. The number of nitrogen functional groups attached to an aromatic ring is 1. The molecule has 2 aromatic rings. The van der Waals surface area contributed by atoms with Crippen molar-refractivity contribution in [1.82, 2.24) is 4.98 Å². The molecule has 0 aliphatic carbocycles. The van der Waals surface area contributed by atoms with Crippen LogP contribution >= 0.6 is 0 Å². The number of nitrogens with zero attached hydrogens (tertiary/aromatic N) is 1. The fourth-order valence-corrected chi connectivity index (χ4v) is 1.57. The summed E-state index contributed by atoms with van der Waals surface area (Å²) < 4.78 is 10.7. The number of aryl methyl sites for hydroxylation is 1. The van der Waals surface area contributed by atoms with Gasteiger partial charge in [-0.25, -0.2) is 4.98 Å². The summed E-state index contributed by atoms with van der Waals surface area (Å²) >= 11 is 0. The number of rotatable bonds is 4. The van der Waals surface area contributed by atoms with E-state index in [1.54, 1.807) is 43.5 Å².